The summed E-state index contributed by atoms with van der Waals surface area (Å²) in [5.41, 5.74) is 1.07. The number of methoxy groups -OCH3 is 1. The topological polar surface area (TPSA) is 77.7 Å². The number of nitrogens with zero attached hydrogens (tertiary/aromatic N) is 3. The van der Waals surface area contributed by atoms with E-state index in [1.807, 2.05) is 23.2 Å². The Labute approximate surface area is 140 Å². The van der Waals surface area contributed by atoms with Gasteiger partial charge in [0.1, 0.15) is 0 Å². The van der Waals surface area contributed by atoms with Crippen molar-refractivity contribution in [2.45, 2.75) is 25.0 Å². The van der Waals surface area contributed by atoms with Gasteiger partial charge >= 0.3 is 0 Å². The van der Waals surface area contributed by atoms with Gasteiger partial charge in [0.15, 0.2) is 0 Å². The molecule has 128 valence electrons. The van der Waals surface area contributed by atoms with Crippen LogP contribution in [-0.4, -0.2) is 60.0 Å². The number of rotatable bonds is 7. The van der Waals surface area contributed by atoms with Crippen LogP contribution in [0.2, 0.25) is 0 Å². The monoisotopic (exact) mass is 331 g/mol. The van der Waals surface area contributed by atoms with Gasteiger partial charge in [-0.25, -0.2) is 0 Å². The van der Waals surface area contributed by atoms with E-state index in [2.05, 4.69) is 10.1 Å². The lowest BCUT2D eigenvalue weighted by Gasteiger charge is -2.27. The Hall–Kier alpha value is -2.25. The van der Waals surface area contributed by atoms with Gasteiger partial charge in [-0.1, -0.05) is 11.2 Å². The molecule has 1 amide bonds. The van der Waals surface area contributed by atoms with E-state index in [4.69, 9.17) is 14.0 Å². The molecule has 0 aliphatic carbocycles. The molecule has 2 aromatic rings. The van der Waals surface area contributed by atoms with Gasteiger partial charge in [-0.05, 0) is 24.5 Å². The van der Waals surface area contributed by atoms with Crippen molar-refractivity contribution in [2.75, 3.05) is 26.9 Å². The molecule has 2 aromatic heterocycles. The molecular weight excluding hydrogens is 310 g/mol. The second-order valence-corrected chi connectivity index (χ2v) is 5.70. The molecule has 3 rings (SSSR count). The van der Waals surface area contributed by atoms with Crippen LogP contribution in [0.3, 0.4) is 0 Å². The summed E-state index contributed by atoms with van der Waals surface area (Å²) in [6.07, 6.45) is 6.47. The van der Waals surface area contributed by atoms with Gasteiger partial charge in [0.25, 0.3) is 5.91 Å². The highest BCUT2D eigenvalue weighted by Crippen LogP contribution is 2.26. The summed E-state index contributed by atoms with van der Waals surface area (Å²) in [7, 11) is 1.64. The molecule has 24 heavy (non-hydrogen) atoms. The zero-order chi connectivity index (χ0) is 16.8. The Kier molecular flexibility index (Phi) is 5.55. The Balaban J connectivity index is 1.75. The number of pyridine rings is 1. The molecule has 0 spiro atoms. The van der Waals surface area contributed by atoms with Gasteiger partial charge < -0.3 is 18.9 Å². The highest BCUT2D eigenvalue weighted by atomic mass is 16.5. The molecule has 0 radical (unpaired) electrons. The van der Waals surface area contributed by atoms with Gasteiger partial charge in [0, 0.05) is 32.1 Å². The van der Waals surface area contributed by atoms with Crippen LogP contribution in [0.5, 0.6) is 0 Å². The van der Waals surface area contributed by atoms with E-state index in [-0.39, 0.29) is 23.8 Å². The summed E-state index contributed by atoms with van der Waals surface area (Å²) in [4.78, 5) is 18.6. The molecule has 1 aliphatic rings. The Bertz CT molecular complexity index is 633. The predicted octanol–water partition coefficient (Wildman–Crippen LogP) is 1.56. The molecule has 1 aliphatic heterocycles. The largest absolute Gasteiger partial charge is 0.382 e. The SMILES string of the molecule is COCCO[C@H]1CCN(C(=O)c2ccno2)[C@H]1Cc1cccnc1. The summed E-state index contributed by atoms with van der Waals surface area (Å²) in [6.45, 7) is 1.67. The first-order valence-electron chi connectivity index (χ1n) is 8.00. The van der Waals surface area contributed by atoms with Gasteiger partial charge in [-0.15, -0.1) is 0 Å². The van der Waals surface area contributed by atoms with Crippen LogP contribution in [0.15, 0.2) is 41.3 Å². The Morgan fingerprint density at radius 1 is 1.38 bits per heavy atom. The maximum atomic E-state index is 12.7. The zero-order valence-electron chi connectivity index (χ0n) is 13.6. The van der Waals surface area contributed by atoms with E-state index >= 15 is 0 Å². The molecule has 0 aromatic carbocycles. The lowest BCUT2D eigenvalue weighted by Crippen LogP contribution is -2.42. The van der Waals surface area contributed by atoms with Crippen molar-refractivity contribution in [2.24, 2.45) is 0 Å². The first-order chi connectivity index (χ1) is 11.8. The Morgan fingerprint density at radius 2 is 2.29 bits per heavy atom. The van der Waals surface area contributed by atoms with Crippen molar-refractivity contribution in [1.82, 2.24) is 15.0 Å². The molecule has 0 unspecified atom stereocenters. The normalized spacial score (nSPS) is 20.5. The minimum Gasteiger partial charge on any atom is -0.382 e. The van der Waals surface area contributed by atoms with Crippen LogP contribution in [0.1, 0.15) is 22.5 Å². The fourth-order valence-electron chi connectivity index (χ4n) is 3.02. The lowest BCUT2D eigenvalue weighted by atomic mass is 10.0. The predicted molar refractivity (Wildman–Crippen MR) is 85.5 cm³/mol. The van der Waals surface area contributed by atoms with Gasteiger partial charge in [0.2, 0.25) is 5.76 Å². The number of carbonyl (C=O) groups excluding carboxylic acids is 1. The molecular formula is C17H21N3O4. The van der Waals surface area contributed by atoms with Crippen molar-refractivity contribution in [3.63, 3.8) is 0 Å². The summed E-state index contributed by atoms with van der Waals surface area (Å²) >= 11 is 0. The number of likely N-dealkylation sites (tertiary alicyclic amines) is 1. The Morgan fingerprint density at radius 3 is 3.00 bits per heavy atom. The maximum Gasteiger partial charge on any atom is 0.292 e. The number of hydrogen-bond donors (Lipinski definition) is 0. The maximum absolute atomic E-state index is 12.7. The molecule has 1 saturated heterocycles. The van der Waals surface area contributed by atoms with Crippen LogP contribution < -0.4 is 0 Å². The van der Waals surface area contributed by atoms with Crippen molar-refractivity contribution in [1.29, 1.82) is 0 Å². The highest BCUT2D eigenvalue weighted by Gasteiger charge is 2.39. The molecule has 0 saturated carbocycles. The molecule has 1 fully saturated rings. The van der Waals surface area contributed by atoms with E-state index in [1.165, 1.54) is 6.20 Å². The van der Waals surface area contributed by atoms with Crippen molar-refractivity contribution >= 4 is 5.91 Å². The third-order valence-electron chi connectivity index (χ3n) is 4.18. The molecule has 7 heteroatoms. The molecule has 3 heterocycles. The molecule has 0 N–H and O–H groups in total. The number of ether oxygens (including phenoxy) is 2. The van der Waals surface area contributed by atoms with Crippen LogP contribution in [0.25, 0.3) is 0 Å². The molecule has 0 bridgehead atoms. The van der Waals surface area contributed by atoms with Gasteiger partial charge in [0.05, 0.1) is 31.6 Å². The average Bonchev–Trinajstić information content (AvgIpc) is 3.26. The number of hydrogen-bond acceptors (Lipinski definition) is 6. The standard InChI is InChI=1S/C17H21N3O4/c1-22-9-10-23-15-5-8-20(17(21)16-4-7-19-24-16)14(15)11-13-3-2-6-18-12-13/h2-4,6-7,12,14-15H,5,8-11H2,1H3/t14-,15-/m0/s1. The van der Waals surface area contributed by atoms with Crippen molar-refractivity contribution in [3.8, 4) is 0 Å². The average molecular weight is 331 g/mol. The second kappa shape index (κ2) is 8.03. The van der Waals surface area contributed by atoms with Crippen molar-refractivity contribution < 1.29 is 18.8 Å². The van der Waals surface area contributed by atoms with E-state index < -0.39 is 0 Å². The van der Waals surface area contributed by atoms with Crippen LogP contribution in [0.4, 0.5) is 0 Å². The van der Waals surface area contributed by atoms with E-state index in [9.17, 15) is 4.79 Å². The minimum absolute atomic E-state index is 0.0350. The second-order valence-electron chi connectivity index (χ2n) is 5.70. The third-order valence-corrected chi connectivity index (χ3v) is 4.18. The fraction of sp³-hybridized carbons (Fsp3) is 0.471. The van der Waals surface area contributed by atoms with Crippen LogP contribution in [0, 0.1) is 0 Å². The number of amides is 1. The van der Waals surface area contributed by atoms with Crippen LogP contribution in [-0.2, 0) is 15.9 Å². The van der Waals surface area contributed by atoms with Gasteiger partial charge in [-0.2, -0.15) is 0 Å². The first-order valence-corrected chi connectivity index (χ1v) is 8.00. The summed E-state index contributed by atoms with van der Waals surface area (Å²) in [5.74, 6) is 0.1000. The minimum atomic E-state index is -0.153. The van der Waals surface area contributed by atoms with Gasteiger partial charge in [-0.3, -0.25) is 9.78 Å². The summed E-state index contributed by atoms with van der Waals surface area (Å²) in [6, 6.07) is 5.42. The zero-order valence-corrected chi connectivity index (χ0v) is 13.6. The molecule has 2 atom stereocenters. The van der Waals surface area contributed by atoms with E-state index in [1.54, 1.807) is 19.4 Å². The smallest absolute Gasteiger partial charge is 0.292 e. The highest BCUT2D eigenvalue weighted by molar-refractivity contribution is 5.91. The third kappa shape index (κ3) is 3.80. The molecule has 7 nitrogen and oxygen atoms in total. The van der Waals surface area contributed by atoms with E-state index in [0.717, 1.165) is 12.0 Å². The van der Waals surface area contributed by atoms with E-state index in [0.29, 0.717) is 26.2 Å². The lowest BCUT2D eigenvalue weighted by molar-refractivity contribution is -0.0000133. The number of carbonyl (C=O) groups is 1. The van der Waals surface area contributed by atoms with Crippen molar-refractivity contribution in [3.05, 3.63) is 48.1 Å². The summed E-state index contributed by atoms with van der Waals surface area (Å²) < 4.78 is 16.0. The quantitative estimate of drug-likeness (QED) is 0.717. The fourth-order valence-corrected chi connectivity index (χ4v) is 3.02. The van der Waals surface area contributed by atoms with Crippen LogP contribution >= 0.6 is 0 Å². The first kappa shape index (κ1) is 16.6. The number of aromatic nitrogens is 2. The summed E-state index contributed by atoms with van der Waals surface area (Å²) in [5, 5.41) is 3.62.